The minimum absolute atomic E-state index is 0.0444. The summed E-state index contributed by atoms with van der Waals surface area (Å²) in [5.41, 5.74) is 0. The monoisotopic (exact) mass is 252 g/mol. The molecule has 0 aromatic carbocycles. The molecule has 1 aliphatic rings. The van der Waals surface area contributed by atoms with Crippen molar-refractivity contribution in [1.82, 2.24) is 9.80 Å². The average Bonchev–Trinajstić information content (AvgIpc) is 2.29. The van der Waals surface area contributed by atoms with Crippen LogP contribution in [0.15, 0.2) is 0 Å². The minimum Gasteiger partial charge on any atom is -0.481 e. The summed E-state index contributed by atoms with van der Waals surface area (Å²) in [4.78, 5) is 26.4. The zero-order chi connectivity index (χ0) is 13.5. The highest BCUT2D eigenvalue weighted by Gasteiger charge is 2.22. The fourth-order valence-electron chi connectivity index (χ4n) is 2.08. The second kappa shape index (κ2) is 7.02. The van der Waals surface area contributed by atoms with Crippen molar-refractivity contribution in [3.05, 3.63) is 0 Å². The summed E-state index contributed by atoms with van der Waals surface area (Å²) in [5.74, 6) is 1.67. The van der Waals surface area contributed by atoms with Gasteiger partial charge in [0.1, 0.15) is 0 Å². The van der Waals surface area contributed by atoms with E-state index in [-0.39, 0.29) is 18.2 Å². The summed E-state index contributed by atoms with van der Waals surface area (Å²) in [7, 11) is 0. The first-order chi connectivity index (χ1) is 8.52. The predicted molar refractivity (Wildman–Crippen MR) is 67.9 cm³/mol. The van der Waals surface area contributed by atoms with E-state index in [9.17, 15) is 9.59 Å². The van der Waals surface area contributed by atoms with Gasteiger partial charge in [0, 0.05) is 39.0 Å². The van der Waals surface area contributed by atoms with Crippen molar-refractivity contribution in [3.63, 3.8) is 0 Å². The number of nitrogens with zero attached hydrogens (tertiary/aromatic N) is 2. The van der Waals surface area contributed by atoms with Gasteiger partial charge in [-0.1, -0.05) is 12.8 Å². The van der Waals surface area contributed by atoms with E-state index in [1.165, 1.54) is 0 Å². The molecule has 5 heteroatoms. The lowest BCUT2D eigenvalue weighted by molar-refractivity contribution is -0.138. The van der Waals surface area contributed by atoms with Crippen molar-refractivity contribution in [3.8, 4) is 12.3 Å². The van der Waals surface area contributed by atoms with E-state index >= 15 is 0 Å². The molecule has 0 spiro atoms. The van der Waals surface area contributed by atoms with Gasteiger partial charge < -0.3 is 10.0 Å². The standard InChI is InChI=1S/C13H20N2O3/c1-3-4-14-5-7-15(8-6-14)12(16)9-11(2)10-13(17)18/h1,11H,4-10H2,2H3,(H,17,18). The van der Waals surface area contributed by atoms with Gasteiger partial charge in [0.25, 0.3) is 0 Å². The molecule has 1 aliphatic heterocycles. The van der Waals surface area contributed by atoms with E-state index < -0.39 is 5.97 Å². The highest BCUT2D eigenvalue weighted by atomic mass is 16.4. The minimum atomic E-state index is -0.853. The molecule has 1 heterocycles. The number of amides is 1. The first kappa shape index (κ1) is 14.5. The SMILES string of the molecule is C#CCN1CCN(C(=O)CC(C)CC(=O)O)CC1. The lowest BCUT2D eigenvalue weighted by Gasteiger charge is -2.34. The molecular formula is C13H20N2O3. The summed E-state index contributed by atoms with van der Waals surface area (Å²) >= 11 is 0. The molecule has 0 aromatic heterocycles. The molecule has 1 fully saturated rings. The van der Waals surface area contributed by atoms with Crippen LogP contribution in [0.25, 0.3) is 0 Å². The summed E-state index contributed by atoms with van der Waals surface area (Å²) in [5, 5.41) is 8.65. The first-order valence-electron chi connectivity index (χ1n) is 6.18. The Kier molecular flexibility index (Phi) is 5.66. The van der Waals surface area contributed by atoms with Crippen molar-refractivity contribution in [1.29, 1.82) is 0 Å². The van der Waals surface area contributed by atoms with Gasteiger partial charge in [-0.3, -0.25) is 14.5 Å². The maximum Gasteiger partial charge on any atom is 0.303 e. The zero-order valence-corrected chi connectivity index (χ0v) is 10.8. The highest BCUT2D eigenvalue weighted by Crippen LogP contribution is 2.11. The fourth-order valence-corrected chi connectivity index (χ4v) is 2.08. The molecule has 1 amide bonds. The molecule has 0 saturated carbocycles. The van der Waals surface area contributed by atoms with Crippen molar-refractivity contribution in [2.24, 2.45) is 5.92 Å². The van der Waals surface area contributed by atoms with Gasteiger partial charge in [-0.05, 0) is 5.92 Å². The third-order valence-corrected chi connectivity index (χ3v) is 3.09. The fraction of sp³-hybridized carbons (Fsp3) is 0.692. The quantitative estimate of drug-likeness (QED) is 0.713. The van der Waals surface area contributed by atoms with Gasteiger partial charge in [0.15, 0.2) is 0 Å². The van der Waals surface area contributed by atoms with E-state index in [0.717, 1.165) is 13.1 Å². The van der Waals surface area contributed by atoms with Crippen molar-refractivity contribution in [2.75, 3.05) is 32.7 Å². The van der Waals surface area contributed by atoms with Crippen molar-refractivity contribution < 1.29 is 14.7 Å². The molecule has 0 bridgehead atoms. The normalized spacial score (nSPS) is 18.1. The number of rotatable bonds is 5. The van der Waals surface area contributed by atoms with E-state index in [0.29, 0.717) is 26.1 Å². The molecule has 100 valence electrons. The van der Waals surface area contributed by atoms with E-state index in [1.54, 1.807) is 11.8 Å². The van der Waals surface area contributed by atoms with E-state index in [2.05, 4.69) is 10.8 Å². The Morgan fingerprint density at radius 1 is 1.28 bits per heavy atom. The van der Waals surface area contributed by atoms with Gasteiger partial charge >= 0.3 is 5.97 Å². The number of piperazine rings is 1. The van der Waals surface area contributed by atoms with Gasteiger partial charge in [0.05, 0.1) is 6.54 Å². The summed E-state index contributed by atoms with van der Waals surface area (Å²) in [6, 6.07) is 0. The van der Waals surface area contributed by atoms with Crippen LogP contribution in [0.5, 0.6) is 0 Å². The predicted octanol–water partition coefficient (Wildman–Crippen LogP) is 0.265. The molecule has 1 atom stereocenters. The first-order valence-corrected chi connectivity index (χ1v) is 6.18. The lowest BCUT2D eigenvalue weighted by atomic mass is 10.0. The van der Waals surface area contributed by atoms with Crippen LogP contribution in [0.2, 0.25) is 0 Å². The van der Waals surface area contributed by atoms with Crippen LogP contribution in [-0.2, 0) is 9.59 Å². The second-order valence-electron chi connectivity index (χ2n) is 4.77. The highest BCUT2D eigenvalue weighted by molar-refractivity contribution is 5.77. The molecular weight excluding hydrogens is 232 g/mol. The molecule has 1 saturated heterocycles. The number of carboxylic acids is 1. The maximum atomic E-state index is 11.9. The summed E-state index contributed by atoms with van der Waals surface area (Å²) < 4.78 is 0. The Hall–Kier alpha value is -1.54. The van der Waals surface area contributed by atoms with Crippen LogP contribution in [0.1, 0.15) is 19.8 Å². The van der Waals surface area contributed by atoms with Crippen LogP contribution < -0.4 is 0 Å². The summed E-state index contributed by atoms with van der Waals surface area (Å²) in [6.07, 6.45) is 5.59. The largest absolute Gasteiger partial charge is 0.481 e. The number of carbonyl (C=O) groups excluding carboxylic acids is 1. The van der Waals surface area contributed by atoms with Crippen molar-refractivity contribution in [2.45, 2.75) is 19.8 Å². The van der Waals surface area contributed by atoms with Crippen LogP contribution in [-0.4, -0.2) is 59.5 Å². The van der Waals surface area contributed by atoms with Gasteiger partial charge in [-0.2, -0.15) is 0 Å². The van der Waals surface area contributed by atoms with Crippen molar-refractivity contribution >= 4 is 11.9 Å². The Morgan fingerprint density at radius 3 is 2.39 bits per heavy atom. The topological polar surface area (TPSA) is 60.9 Å². The molecule has 0 radical (unpaired) electrons. The Balaban J connectivity index is 2.32. The molecule has 1 rings (SSSR count). The Morgan fingerprint density at radius 2 is 1.89 bits per heavy atom. The Labute approximate surface area is 108 Å². The van der Waals surface area contributed by atoms with E-state index in [4.69, 9.17) is 11.5 Å². The number of terminal acetylenes is 1. The van der Waals surface area contributed by atoms with Crippen LogP contribution >= 0.6 is 0 Å². The third kappa shape index (κ3) is 4.76. The zero-order valence-electron chi connectivity index (χ0n) is 10.8. The molecule has 18 heavy (non-hydrogen) atoms. The number of hydrogen-bond donors (Lipinski definition) is 1. The number of hydrogen-bond acceptors (Lipinski definition) is 3. The van der Waals surface area contributed by atoms with Crippen LogP contribution in [0, 0.1) is 18.3 Å². The second-order valence-corrected chi connectivity index (χ2v) is 4.77. The number of aliphatic carboxylic acids is 1. The number of carboxylic acid groups (broad SMARTS) is 1. The smallest absolute Gasteiger partial charge is 0.303 e. The third-order valence-electron chi connectivity index (χ3n) is 3.09. The molecule has 5 nitrogen and oxygen atoms in total. The molecule has 1 unspecified atom stereocenters. The number of carbonyl (C=O) groups is 2. The van der Waals surface area contributed by atoms with Gasteiger partial charge in [-0.25, -0.2) is 0 Å². The molecule has 1 N–H and O–H groups in total. The molecule has 0 aliphatic carbocycles. The van der Waals surface area contributed by atoms with Gasteiger partial charge in [0.2, 0.25) is 5.91 Å². The average molecular weight is 252 g/mol. The maximum absolute atomic E-state index is 11.9. The van der Waals surface area contributed by atoms with E-state index in [1.807, 2.05) is 0 Å². The Bertz CT molecular complexity index is 341. The van der Waals surface area contributed by atoms with Crippen LogP contribution in [0.4, 0.5) is 0 Å². The van der Waals surface area contributed by atoms with Crippen LogP contribution in [0.3, 0.4) is 0 Å². The lowest BCUT2D eigenvalue weighted by Crippen LogP contribution is -2.48. The van der Waals surface area contributed by atoms with Gasteiger partial charge in [-0.15, -0.1) is 6.42 Å². The summed E-state index contributed by atoms with van der Waals surface area (Å²) in [6.45, 7) is 5.37. The molecule has 0 aromatic rings.